The summed E-state index contributed by atoms with van der Waals surface area (Å²) in [6.07, 6.45) is 1.77. The fraction of sp³-hybridized carbons (Fsp3) is 0.182. The number of carbonyl (C=O) groups excluding carboxylic acids is 1. The molecule has 17 heavy (non-hydrogen) atoms. The highest BCUT2D eigenvalue weighted by Gasteiger charge is 2.15. The summed E-state index contributed by atoms with van der Waals surface area (Å²) in [5.41, 5.74) is 1.65. The Kier molecular flexibility index (Phi) is 2.93. The highest BCUT2D eigenvalue weighted by molar-refractivity contribution is 7.14. The van der Waals surface area contributed by atoms with Gasteiger partial charge in [0.25, 0.3) is 5.91 Å². The van der Waals surface area contributed by atoms with Gasteiger partial charge >= 0.3 is 0 Å². The number of nitrogens with zero attached hydrogens (tertiary/aromatic N) is 3. The number of aromatic nitrogens is 2. The maximum atomic E-state index is 11.9. The SMILES string of the molecule is Cc1cn(C)nc1C(=O)Nc1sccc1C#N. The predicted molar refractivity (Wildman–Crippen MR) is 64.9 cm³/mol. The van der Waals surface area contributed by atoms with Gasteiger partial charge in [0.2, 0.25) is 0 Å². The van der Waals surface area contributed by atoms with Crippen LogP contribution in [0.3, 0.4) is 0 Å². The first-order valence-corrected chi connectivity index (χ1v) is 5.79. The van der Waals surface area contributed by atoms with Crippen molar-refractivity contribution in [3.8, 4) is 6.07 Å². The fourth-order valence-electron chi connectivity index (χ4n) is 1.49. The lowest BCUT2D eigenvalue weighted by molar-refractivity contribution is 0.102. The summed E-state index contributed by atoms with van der Waals surface area (Å²) in [5, 5.41) is 17.9. The Balaban J connectivity index is 2.24. The minimum atomic E-state index is -0.290. The van der Waals surface area contributed by atoms with Crippen molar-refractivity contribution in [3.05, 3.63) is 34.5 Å². The third-order valence-corrected chi connectivity index (χ3v) is 3.07. The van der Waals surface area contributed by atoms with Crippen molar-refractivity contribution in [1.82, 2.24) is 9.78 Å². The third kappa shape index (κ3) is 2.19. The van der Waals surface area contributed by atoms with Gasteiger partial charge in [-0.25, -0.2) is 0 Å². The van der Waals surface area contributed by atoms with E-state index in [1.807, 2.05) is 13.0 Å². The molecule has 0 aliphatic heterocycles. The van der Waals surface area contributed by atoms with E-state index in [9.17, 15) is 4.79 Å². The Hall–Kier alpha value is -2.13. The minimum absolute atomic E-state index is 0.290. The second-order valence-electron chi connectivity index (χ2n) is 3.56. The van der Waals surface area contributed by atoms with Crippen LogP contribution in [0.2, 0.25) is 0 Å². The molecule has 6 heteroatoms. The number of thiophene rings is 1. The summed E-state index contributed by atoms with van der Waals surface area (Å²) in [7, 11) is 1.76. The van der Waals surface area contributed by atoms with Crippen molar-refractivity contribution >= 4 is 22.2 Å². The summed E-state index contributed by atoms with van der Waals surface area (Å²) in [6.45, 7) is 1.82. The summed E-state index contributed by atoms with van der Waals surface area (Å²) in [5.74, 6) is -0.290. The van der Waals surface area contributed by atoms with Gasteiger partial charge in [-0.3, -0.25) is 9.48 Å². The van der Waals surface area contributed by atoms with E-state index in [1.165, 1.54) is 11.3 Å². The Morgan fingerprint density at radius 3 is 3.00 bits per heavy atom. The molecule has 1 N–H and O–H groups in total. The van der Waals surface area contributed by atoms with Crippen LogP contribution in [-0.2, 0) is 7.05 Å². The number of hydrogen-bond acceptors (Lipinski definition) is 4. The molecule has 0 unspecified atom stereocenters. The first kappa shape index (κ1) is 11.4. The molecule has 0 saturated heterocycles. The number of aryl methyl sites for hydroxylation is 2. The van der Waals surface area contributed by atoms with Crippen molar-refractivity contribution in [2.75, 3.05) is 5.32 Å². The van der Waals surface area contributed by atoms with Crippen molar-refractivity contribution < 1.29 is 4.79 Å². The molecule has 0 bridgehead atoms. The number of nitrogens with one attached hydrogen (secondary N) is 1. The van der Waals surface area contributed by atoms with Crippen LogP contribution in [0.1, 0.15) is 21.6 Å². The van der Waals surface area contributed by atoms with Crippen molar-refractivity contribution in [1.29, 1.82) is 5.26 Å². The molecule has 86 valence electrons. The lowest BCUT2D eigenvalue weighted by Crippen LogP contribution is -2.13. The van der Waals surface area contributed by atoms with Gasteiger partial charge in [0.1, 0.15) is 11.1 Å². The molecule has 2 aromatic heterocycles. The Bertz CT molecular complexity index is 605. The zero-order chi connectivity index (χ0) is 12.4. The molecule has 0 atom stereocenters. The Labute approximate surface area is 102 Å². The highest BCUT2D eigenvalue weighted by atomic mass is 32.1. The van der Waals surface area contributed by atoms with E-state index in [0.29, 0.717) is 16.3 Å². The smallest absolute Gasteiger partial charge is 0.277 e. The number of carbonyl (C=O) groups is 1. The van der Waals surface area contributed by atoms with E-state index < -0.39 is 0 Å². The van der Waals surface area contributed by atoms with Gasteiger partial charge in [-0.15, -0.1) is 11.3 Å². The maximum absolute atomic E-state index is 11.9. The van der Waals surface area contributed by atoms with Crippen LogP contribution in [-0.4, -0.2) is 15.7 Å². The largest absolute Gasteiger partial charge is 0.311 e. The topological polar surface area (TPSA) is 70.7 Å². The van der Waals surface area contributed by atoms with Crippen LogP contribution in [0.5, 0.6) is 0 Å². The molecule has 0 aliphatic carbocycles. The normalized spacial score (nSPS) is 9.94. The van der Waals surface area contributed by atoms with Gasteiger partial charge in [0.15, 0.2) is 5.69 Å². The number of nitriles is 1. The number of anilines is 1. The molecule has 0 aliphatic rings. The molecule has 0 spiro atoms. The molecule has 0 fully saturated rings. The minimum Gasteiger partial charge on any atom is -0.311 e. The monoisotopic (exact) mass is 246 g/mol. The molecule has 1 amide bonds. The Morgan fingerprint density at radius 1 is 1.65 bits per heavy atom. The van der Waals surface area contributed by atoms with E-state index in [1.54, 1.807) is 29.4 Å². The first-order valence-electron chi connectivity index (χ1n) is 4.91. The van der Waals surface area contributed by atoms with Gasteiger partial charge < -0.3 is 5.32 Å². The van der Waals surface area contributed by atoms with Gasteiger partial charge in [0.05, 0.1) is 5.56 Å². The molecule has 0 saturated carbocycles. The van der Waals surface area contributed by atoms with E-state index in [2.05, 4.69) is 10.4 Å². The molecule has 2 rings (SSSR count). The van der Waals surface area contributed by atoms with Crippen molar-refractivity contribution in [3.63, 3.8) is 0 Å². The lowest BCUT2D eigenvalue weighted by Gasteiger charge is -2.00. The van der Waals surface area contributed by atoms with Crippen LogP contribution >= 0.6 is 11.3 Å². The zero-order valence-corrected chi connectivity index (χ0v) is 10.2. The summed E-state index contributed by atoms with van der Waals surface area (Å²) < 4.78 is 1.59. The van der Waals surface area contributed by atoms with E-state index in [4.69, 9.17) is 5.26 Å². The highest BCUT2D eigenvalue weighted by Crippen LogP contribution is 2.22. The molecule has 2 heterocycles. The van der Waals surface area contributed by atoms with Crippen molar-refractivity contribution in [2.24, 2.45) is 7.05 Å². The Morgan fingerprint density at radius 2 is 2.41 bits per heavy atom. The summed E-state index contributed by atoms with van der Waals surface area (Å²) in [4.78, 5) is 11.9. The quantitative estimate of drug-likeness (QED) is 0.879. The third-order valence-electron chi connectivity index (χ3n) is 2.24. The van der Waals surface area contributed by atoms with Crippen LogP contribution in [0.4, 0.5) is 5.00 Å². The number of hydrogen-bond donors (Lipinski definition) is 1. The van der Waals surface area contributed by atoms with Crippen LogP contribution in [0, 0.1) is 18.3 Å². The van der Waals surface area contributed by atoms with Crippen LogP contribution in [0.25, 0.3) is 0 Å². The molecule has 5 nitrogen and oxygen atoms in total. The molecule has 2 aromatic rings. The predicted octanol–water partition coefficient (Wildman–Crippen LogP) is 1.91. The average molecular weight is 246 g/mol. The van der Waals surface area contributed by atoms with Crippen molar-refractivity contribution in [2.45, 2.75) is 6.92 Å². The number of amides is 1. The molecule has 0 radical (unpaired) electrons. The molecule has 0 aromatic carbocycles. The molecular weight excluding hydrogens is 236 g/mol. The fourth-order valence-corrected chi connectivity index (χ4v) is 2.22. The van der Waals surface area contributed by atoms with Gasteiger partial charge in [0, 0.05) is 18.8 Å². The van der Waals surface area contributed by atoms with E-state index in [0.717, 1.165) is 5.56 Å². The maximum Gasteiger partial charge on any atom is 0.277 e. The first-order chi connectivity index (χ1) is 8.11. The molecular formula is C11H10N4OS. The van der Waals surface area contributed by atoms with E-state index in [-0.39, 0.29) is 5.91 Å². The summed E-state index contributed by atoms with van der Waals surface area (Å²) >= 11 is 1.32. The van der Waals surface area contributed by atoms with E-state index >= 15 is 0 Å². The lowest BCUT2D eigenvalue weighted by atomic mass is 10.2. The summed E-state index contributed by atoms with van der Waals surface area (Å²) in [6, 6.07) is 3.69. The second-order valence-corrected chi connectivity index (χ2v) is 4.48. The van der Waals surface area contributed by atoms with Crippen LogP contribution in [0.15, 0.2) is 17.6 Å². The van der Waals surface area contributed by atoms with Gasteiger partial charge in [-0.2, -0.15) is 10.4 Å². The average Bonchev–Trinajstić information content (AvgIpc) is 2.84. The standard InChI is InChI=1S/C11H10N4OS/c1-7-6-15(2)14-9(7)10(16)13-11-8(5-12)3-4-17-11/h3-4,6H,1-2H3,(H,13,16). The van der Waals surface area contributed by atoms with Gasteiger partial charge in [-0.05, 0) is 18.4 Å². The number of rotatable bonds is 2. The zero-order valence-electron chi connectivity index (χ0n) is 9.39. The van der Waals surface area contributed by atoms with Gasteiger partial charge in [-0.1, -0.05) is 0 Å². The van der Waals surface area contributed by atoms with Crippen LogP contribution < -0.4 is 5.32 Å². The second kappa shape index (κ2) is 4.39.